The molecule has 0 fully saturated rings. The van der Waals surface area contributed by atoms with Crippen LogP contribution < -0.4 is 0 Å². The molecule has 2 aromatic carbocycles. The standard InChI is InChI=1S/C18H10BrClN2O/c19-16-8-14(17(20)9-18(16)22-23)15(10-21)13-7-3-5-11-4-1-2-6-12(11)13/h1-9,23H/b15-14+,22-18+. The Bertz CT molecular complexity index is 959. The Kier molecular flexibility index (Phi) is 4.33. The van der Waals surface area contributed by atoms with Crippen LogP contribution in [0.25, 0.3) is 16.3 Å². The molecule has 1 aliphatic carbocycles. The van der Waals surface area contributed by atoms with Crippen molar-refractivity contribution in [3.8, 4) is 6.07 Å². The molecule has 3 rings (SSSR count). The number of fused-ring (bicyclic) bond motifs is 1. The summed E-state index contributed by atoms with van der Waals surface area (Å²) < 4.78 is 0.562. The predicted molar refractivity (Wildman–Crippen MR) is 96.6 cm³/mol. The van der Waals surface area contributed by atoms with Gasteiger partial charge in [-0.2, -0.15) is 5.26 Å². The molecule has 1 aliphatic rings. The molecule has 0 saturated heterocycles. The average molecular weight is 386 g/mol. The van der Waals surface area contributed by atoms with Gasteiger partial charge in [-0.25, -0.2) is 0 Å². The summed E-state index contributed by atoms with van der Waals surface area (Å²) in [6, 6.07) is 15.9. The van der Waals surface area contributed by atoms with Crippen LogP contribution in [0.3, 0.4) is 0 Å². The third kappa shape index (κ3) is 2.81. The van der Waals surface area contributed by atoms with Crippen LogP contribution in [0.1, 0.15) is 5.56 Å². The number of rotatable bonds is 1. The van der Waals surface area contributed by atoms with Gasteiger partial charge in [-0.3, -0.25) is 0 Å². The normalized spacial score (nSPS) is 18.4. The average Bonchev–Trinajstić information content (AvgIpc) is 2.58. The van der Waals surface area contributed by atoms with Gasteiger partial charge in [0, 0.05) is 15.6 Å². The fourth-order valence-corrected chi connectivity index (χ4v) is 3.19. The van der Waals surface area contributed by atoms with E-state index in [4.69, 9.17) is 16.8 Å². The van der Waals surface area contributed by atoms with E-state index in [1.54, 1.807) is 6.08 Å². The van der Waals surface area contributed by atoms with E-state index >= 15 is 0 Å². The van der Waals surface area contributed by atoms with Crippen LogP contribution in [0, 0.1) is 11.3 Å². The highest BCUT2D eigenvalue weighted by Gasteiger charge is 2.19. The quantitative estimate of drug-likeness (QED) is 0.408. The maximum absolute atomic E-state index is 9.70. The van der Waals surface area contributed by atoms with Crippen molar-refractivity contribution in [2.45, 2.75) is 0 Å². The first-order chi connectivity index (χ1) is 11.2. The van der Waals surface area contributed by atoms with Crippen LogP contribution in [0.4, 0.5) is 0 Å². The highest BCUT2D eigenvalue weighted by Crippen LogP contribution is 2.35. The van der Waals surface area contributed by atoms with Crippen molar-refractivity contribution in [3.05, 3.63) is 75.3 Å². The van der Waals surface area contributed by atoms with Crippen LogP contribution in [-0.4, -0.2) is 10.9 Å². The van der Waals surface area contributed by atoms with Crippen molar-refractivity contribution in [3.63, 3.8) is 0 Å². The first kappa shape index (κ1) is 15.5. The Labute approximate surface area is 146 Å². The lowest BCUT2D eigenvalue weighted by Gasteiger charge is -2.13. The van der Waals surface area contributed by atoms with E-state index in [1.165, 1.54) is 6.08 Å². The Hall–Kier alpha value is -2.35. The summed E-state index contributed by atoms with van der Waals surface area (Å²) >= 11 is 9.62. The second-order valence-corrected chi connectivity index (χ2v) is 6.16. The van der Waals surface area contributed by atoms with Crippen molar-refractivity contribution in [2.75, 3.05) is 0 Å². The van der Waals surface area contributed by atoms with Crippen LogP contribution in [0.15, 0.2) is 74.9 Å². The molecule has 1 N–H and O–H groups in total. The highest BCUT2D eigenvalue weighted by atomic mass is 79.9. The van der Waals surface area contributed by atoms with Crippen LogP contribution in [0.2, 0.25) is 0 Å². The SMILES string of the molecule is N#C/C(=C1C=C(Br)/C(=N/O)C=C/1Cl)c1cccc2ccccc12. The molecule has 2 aromatic rings. The van der Waals surface area contributed by atoms with Crippen molar-refractivity contribution >= 4 is 49.6 Å². The van der Waals surface area contributed by atoms with Crippen molar-refractivity contribution in [1.29, 1.82) is 5.26 Å². The molecule has 0 heterocycles. The Balaban J connectivity index is 2.30. The molecule has 112 valence electrons. The van der Waals surface area contributed by atoms with Gasteiger partial charge in [0.1, 0.15) is 11.8 Å². The van der Waals surface area contributed by atoms with Crippen LogP contribution in [0.5, 0.6) is 0 Å². The molecular formula is C18H10BrClN2O. The zero-order chi connectivity index (χ0) is 16.4. The third-order valence-electron chi connectivity index (χ3n) is 3.58. The molecule has 0 bridgehead atoms. The van der Waals surface area contributed by atoms with E-state index in [0.29, 0.717) is 26.4 Å². The van der Waals surface area contributed by atoms with Gasteiger partial charge in [0.15, 0.2) is 0 Å². The van der Waals surface area contributed by atoms with E-state index in [-0.39, 0.29) is 0 Å². The fourth-order valence-electron chi connectivity index (χ4n) is 2.51. The van der Waals surface area contributed by atoms with Gasteiger partial charge in [-0.05, 0) is 38.9 Å². The summed E-state index contributed by atoms with van der Waals surface area (Å²) in [7, 11) is 0. The van der Waals surface area contributed by atoms with Gasteiger partial charge in [0.2, 0.25) is 0 Å². The summed E-state index contributed by atoms with van der Waals surface area (Å²) in [5.41, 5.74) is 2.18. The van der Waals surface area contributed by atoms with E-state index in [9.17, 15) is 5.26 Å². The summed E-state index contributed by atoms with van der Waals surface area (Å²) in [5.74, 6) is 0. The molecule has 0 aromatic heterocycles. The van der Waals surface area contributed by atoms with Crippen molar-refractivity contribution in [1.82, 2.24) is 0 Å². The summed E-state index contributed by atoms with van der Waals surface area (Å²) in [6.07, 6.45) is 3.21. The molecule has 23 heavy (non-hydrogen) atoms. The Morgan fingerprint density at radius 3 is 2.61 bits per heavy atom. The topological polar surface area (TPSA) is 56.4 Å². The number of hydrogen-bond acceptors (Lipinski definition) is 3. The minimum absolute atomic E-state index is 0.314. The van der Waals surface area contributed by atoms with E-state index in [0.717, 1.165) is 16.3 Å². The highest BCUT2D eigenvalue weighted by molar-refractivity contribution is 9.12. The van der Waals surface area contributed by atoms with Gasteiger partial charge in [0.05, 0.1) is 10.6 Å². The van der Waals surface area contributed by atoms with E-state index in [2.05, 4.69) is 27.2 Å². The number of oxime groups is 1. The lowest BCUT2D eigenvalue weighted by atomic mass is 9.93. The van der Waals surface area contributed by atoms with Gasteiger partial charge in [-0.1, -0.05) is 59.2 Å². The molecule has 3 nitrogen and oxygen atoms in total. The number of nitrogens with zero attached hydrogens (tertiary/aromatic N) is 2. The lowest BCUT2D eigenvalue weighted by Crippen LogP contribution is -2.03. The Morgan fingerprint density at radius 1 is 1.13 bits per heavy atom. The second kappa shape index (κ2) is 6.41. The zero-order valence-electron chi connectivity index (χ0n) is 11.8. The number of allylic oxidation sites excluding steroid dienone is 6. The summed E-state index contributed by atoms with van der Waals surface area (Å²) in [4.78, 5) is 0. The van der Waals surface area contributed by atoms with Gasteiger partial charge in [0.25, 0.3) is 0 Å². The second-order valence-electron chi connectivity index (χ2n) is 4.90. The number of hydrogen-bond donors (Lipinski definition) is 1. The summed E-state index contributed by atoms with van der Waals surface area (Å²) in [5, 5.41) is 24.2. The molecule has 0 unspecified atom stereocenters. The van der Waals surface area contributed by atoms with Gasteiger partial charge < -0.3 is 5.21 Å². The van der Waals surface area contributed by atoms with E-state index < -0.39 is 0 Å². The largest absolute Gasteiger partial charge is 0.410 e. The van der Waals surface area contributed by atoms with Gasteiger partial charge in [-0.15, -0.1) is 0 Å². The molecule has 0 atom stereocenters. The molecule has 5 heteroatoms. The molecule has 0 amide bonds. The first-order valence-corrected chi connectivity index (χ1v) is 7.92. The number of halogens is 2. The van der Waals surface area contributed by atoms with Crippen LogP contribution >= 0.6 is 27.5 Å². The fraction of sp³-hybridized carbons (Fsp3) is 0. The monoisotopic (exact) mass is 384 g/mol. The van der Waals surface area contributed by atoms with Crippen LogP contribution in [-0.2, 0) is 0 Å². The third-order valence-corrected chi connectivity index (χ3v) is 4.53. The molecule has 0 saturated carbocycles. The first-order valence-electron chi connectivity index (χ1n) is 6.75. The molecule has 0 spiro atoms. The molecule has 0 aliphatic heterocycles. The molecule has 0 radical (unpaired) electrons. The maximum Gasteiger partial charge on any atom is 0.118 e. The predicted octanol–water partition coefficient (Wildman–Crippen LogP) is 5.36. The Morgan fingerprint density at radius 2 is 1.87 bits per heavy atom. The number of benzene rings is 2. The minimum Gasteiger partial charge on any atom is -0.410 e. The zero-order valence-corrected chi connectivity index (χ0v) is 14.1. The smallest absolute Gasteiger partial charge is 0.118 e. The van der Waals surface area contributed by atoms with Crippen molar-refractivity contribution in [2.24, 2.45) is 5.16 Å². The lowest BCUT2D eigenvalue weighted by molar-refractivity contribution is 0.320. The van der Waals surface area contributed by atoms with E-state index in [1.807, 2.05) is 42.5 Å². The van der Waals surface area contributed by atoms with Crippen molar-refractivity contribution < 1.29 is 5.21 Å². The van der Waals surface area contributed by atoms with Gasteiger partial charge >= 0.3 is 0 Å². The minimum atomic E-state index is 0.314. The summed E-state index contributed by atoms with van der Waals surface area (Å²) in [6.45, 7) is 0. The number of nitriles is 1. The molecular weight excluding hydrogens is 376 g/mol. The maximum atomic E-state index is 9.70.